The molecule has 3 heteroatoms. The van der Waals surface area contributed by atoms with E-state index in [1.54, 1.807) is 0 Å². The van der Waals surface area contributed by atoms with Crippen molar-refractivity contribution in [2.24, 2.45) is 0 Å². The minimum atomic E-state index is 0.700. The SMILES string of the molecule is c1ccc(-c2cc(-c3ccc(-c4ccc5ccc6cccc7ccc4c5c67)cc3)nc(-c3cccc4c(-c5cccnc5)cccc34)n2)cc1. The predicted molar refractivity (Wildman–Crippen MR) is 208 cm³/mol. The minimum Gasteiger partial charge on any atom is -0.264 e. The monoisotopic (exact) mass is 635 g/mol. The lowest BCUT2D eigenvalue weighted by molar-refractivity contribution is 1.19. The van der Waals surface area contributed by atoms with Crippen molar-refractivity contribution in [1.82, 2.24) is 15.0 Å². The fourth-order valence-corrected chi connectivity index (χ4v) is 7.56. The summed E-state index contributed by atoms with van der Waals surface area (Å²) in [5.41, 5.74) is 9.51. The van der Waals surface area contributed by atoms with E-state index in [2.05, 4.69) is 157 Å². The van der Waals surface area contributed by atoms with Gasteiger partial charge in [0, 0.05) is 34.6 Å². The Morgan fingerprint density at radius 2 is 0.920 bits per heavy atom. The van der Waals surface area contributed by atoms with Crippen molar-refractivity contribution in [2.45, 2.75) is 0 Å². The molecule has 0 spiro atoms. The third-order valence-electron chi connectivity index (χ3n) is 9.95. The first kappa shape index (κ1) is 28.3. The van der Waals surface area contributed by atoms with E-state index in [1.807, 2.05) is 24.5 Å². The second kappa shape index (κ2) is 11.5. The van der Waals surface area contributed by atoms with Crippen LogP contribution in [0, 0.1) is 0 Å². The molecule has 0 saturated heterocycles. The average molecular weight is 636 g/mol. The number of nitrogens with zero attached hydrogens (tertiary/aromatic N) is 3. The highest BCUT2D eigenvalue weighted by atomic mass is 14.9. The van der Waals surface area contributed by atoms with E-state index >= 15 is 0 Å². The van der Waals surface area contributed by atoms with Gasteiger partial charge in [-0.15, -0.1) is 0 Å². The Morgan fingerprint density at radius 1 is 0.340 bits per heavy atom. The van der Waals surface area contributed by atoms with E-state index in [9.17, 15) is 0 Å². The van der Waals surface area contributed by atoms with Crippen LogP contribution < -0.4 is 0 Å². The normalized spacial score (nSPS) is 11.6. The first-order chi connectivity index (χ1) is 24.8. The van der Waals surface area contributed by atoms with E-state index in [-0.39, 0.29) is 0 Å². The van der Waals surface area contributed by atoms with E-state index in [4.69, 9.17) is 9.97 Å². The molecule has 0 unspecified atom stereocenters. The Hall–Kier alpha value is -6.71. The van der Waals surface area contributed by atoms with Gasteiger partial charge in [0.1, 0.15) is 0 Å². The standard InChI is InChI=1S/C47H29N3/c1-2-8-31(9-3-1)43-28-44(50-47(49-43)42-16-6-14-39-37(13-5-15-40(39)42)36-12-7-27-48-29-36)32-19-17-30(18-20-32)38-25-23-35-22-21-33-10-4-11-34-24-26-41(38)46(35)45(33)34/h1-29H. The maximum atomic E-state index is 5.24. The number of fused-ring (bicyclic) bond motifs is 1. The molecule has 8 aromatic carbocycles. The number of rotatable bonds is 5. The van der Waals surface area contributed by atoms with Crippen molar-refractivity contribution < 1.29 is 0 Å². The van der Waals surface area contributed by atoms with Crippen LogP contribution in [0.25, 0.3) is 99.2 Å². The van der Waals surface area contributed by atoms with Crippen LogP contribution in [0.5, 0.6) is 0 Å². The second-order valence-corrected chi connectivity index (χ2v) is 12.8. The Bertz CT molecular complexity index is 2830. The van der Waals surface area contributed by atoms with Crippen LogP contribution in [0.1, 0.15) is 0 Å². The second-order valence-electron chi connectivity index (χ2n) is 12.8. The molecule has 0 atom stereocenters. The molecule has 0 bridgehead atoms. The first-order valence-corrected chi connectivity index (χ1v) is 16.9. The highest BCUT2D eigenvalue weighted by Gasteiger charge is 2.16. The maximum Gasteiger partial charge on any atom is 0.161 e. The lowest BCUT2D eigenvalue weighted by atomic mass is 9.89. The van der Waals surface area contributed by atoms with Gasteiger partial charge in [-0.3, -0.25) is 4.98 Å². The zero-order valence-electron chi connectivity index (χ0n) is 27.1. The largest absolute Gasteiger partial charge is 0.264 e. The van der Waals surface area contributed by atoms with Gasteiger partial charge in [0.2, 0.25) is 0 Å². The van der Waals surface area contributed by atoms with Crippen LogP contribution >= 0.6 is 0 Å². The van der Waals surface area contributed by atoms with Crippen molar-refractivity contribution in [2.75, 3.05) is 0 Å². The summed E-state index contributed by atoms with van der Waals surface area (Å²) in [4.78, 5) is 14.8. The highest BCUT2D eigenvalue weighted by Crippen LogP contribution is 2.40. The van der Waals surface area contributed by atoms with Crippen molar-refractivity contribution >= 4 is 43.1 Å². The zero-order chi connectivity index (χ0) is 33.0. The average Bonchev–Trinajstić information content (AvgIpc) is 3.20. The molecule has 0 aliphatic heterocycles. The lowest BCUT2D eigenvalue weighted by Crippen LogP contribution is -1.97. The molecule has 0 fully saturated rings. The van der Waals surface area contributed by atoms with E-state index in [0.717, 1.165) is 50.0 Å². The Balaban J connectivity index is 1.11. The molecule has 2 heterocycles. The third kappa shape index (κ3) is 4.63. The van der Waals surface area contributed by atoms with Crippen LogP contribution in [0.4, 0.5) is 0 Å². The molecular formula is C47H29N3. The molecule has 0 saturated carbocycles. The third-order valence-corrected chi connectivity index (χ3v) is 9.95. The van der Waals surface area contributed by atoms with Gasteiger partial charge < -0.3 is 0 Å². The zero-order valence-corrected chi connectivity index (χ0v) is 27.1. The van der Waals surface area contributed by atoms with Crippen molar-refractivity contribution in [3.63, 3.8) is 0 Å². The number of aromatic nitrogens is 3. The molecule has 10 rings (SSSR count). The van der Waals surface area contributed by atoms with Crippen LogP contribution in [0.2, 0.25) is 0 Å². The number of pyridine rings is 1. The van der Waals surface area contributed by atoms with Crippen LogP contribution in [0.15, 0.2) is 176 Å². The summed E-state index contributed by atoms with van der Waals surface area (Å²) in [5.74, 6) is 0.700. The fourth-order valence-electron chi connectivity index (χ4n) is 7.56. The fraction of sp³-hybridized carbons (Fsp3) is 0. The molecule has 50 heavy (non-hydrogen) atoms. The molecule has 2 aromatic heterocycles. The molecular weight excluding hydrogens is 607 g/mol. The number of hydrogen-bond acceptors (Lipinski definition) is 3. The van der Waals surface area contributed by atoms with Gasteiger partial charge in [0.25, 0.3) is 0 Å². The van der Waals surface area contributed by atoms with Crippen molar-refractivity contribution in [3.8, 4) is 56.2 Å². The smallest absolute Gasteiger partial charge is 0.161 e. The Kier molecular flexibility index (Phi) is 6.49. The summed E-state index contributed by atoms with van der Waals surface area (Å²) < 4.78 is 0. The molecule has 0 aliphatic carbocycles. The Labute approximate surface area is 289 Å². The van der Waals surface area contributed by atoms with E-state index < -0.39 is 0 Å². The summed E-state index contributed by atoms with van der Waals surface area (Å²) in [5, 5.41) is 10.0. The van der Waals surface area contributed by atoms with Crippen molar-refractivity contribution in [3.05, 3.63) is 176 Å². The summed E-state index contributed by atoms with van der Waals surface area (Å²) in [6.07, 6.45) is 3.72. The molecule has 0 N–H and O–H groups in total. The summed E-state index contributed by atoms with van der Waals surface area (Å²) in [6, 6.07) is 58.3. The summed E-state index contributed by atoms with van der Waals surface area (Å²) >= 11 is 0. The van der Waals surface area contributed by atoms with Gasteiger partial charge in [-0.2, -0.15) is 0 Å². The molecule has 0 amide bonds. The van der Waals surface area contributed by atoms with Crippen LogP contribution in [-0.2, 0) is 0 Å². The molecule has 3 nitrogen and oxygen atoms in total. The van der Waals surface area contributed by atoms with E-state index in [1.165, 1.54) is 43.4 Å². The minimum absolute atomic E-state index is 0.700. The van der Waals surface area contributed by atoms with Gasteiger partial charge in [0.05, 0.1) is 11.4 Å². The molecule has 10 aromatic rings. The van der Waals surface area contributed by atoms with Gasteiger partial charge >= 0.3 is 0 Å². The lowest BCUT2D eigenvalue weighted by Gasteiger charge is -2.15. The number of benzene rings is 8. The van der Waals surface area contributed by atoms with E-state index in [0.29, 0.717) is 5.82 Å². The van der Waals surface area contributed by atoms with Gasteiger partial charge in [-0.1, -0.05) is 152 Å². The number of hydrogen-bond donors (Lipinski definition) is 0. The maximum absolute atomic E-state index is 5.24. The summed E-state index contributed by atoms with van der Waals surface area (Å²) in [6.45, 7) is 0. The molecule has 232 valence electrons. The Morgan fingerprint density at radius 3 is 1.66 bits per heavy atom. The van der Waals surface area contributed by atoms with Gasteiger partial charge in [-0.25, -0.2) is 9.97 Å². The summed E-state index contributed by atoms with van der Waals surface area (Å²) in [7, 11) is 0. The highest BCUT2D eigenvalue weighted by molar-refractivity contribution is 6.25. The topological polar surface area (TPSA) is 38.7 Å². The van der Waals surface area contributed by atoms with Gasteiger partial charge in [0.15, 0.2) is 5.82 Å². The van der Waals surface area contributed by atoms with Crippen molar-refractivity contribution in [1.29, 1.82) is 0 Å². The van der Waals surface area contributed by atoms with Crippen LogP contribution in [0.3, 0.4) is 0 Å². The first-order valence-electron chi connectivity index (χ1n) is 16.9. The molecule has 0 radical (unpaired) electrons. The molecule has 0 aliphatic rings. The van der Waals surface area contributed by atoms with Crippen LogP contribution in [-0.4, -0.2) is 15.0 Å². The quantitative estimate of drug-likeness (QED) is 0.177. The van der Waals surface area contributed by atoms with Gasteiger partial charge in [-0.05, 0) is 71.9 Å². The predicted octanol–water partition coefficient (Wildman–Crippen LogP) is 12.3.